The number of ketones is 1. The maximum absolute atomic E-state index is 12.1. The molecule has 0 fully saturated rings. The van der Waals surface area contributed by atoms with E-state index in [1.807, 2.05) is 25.1 Å². The summed E-state index contributed by atoms with van der Waals surface area (Å²) in [6.07, 6.45) is 1.67. The second-order valence-electron chi connectivity index (χ2n) is 4.46. The molecule has 2 rings (SSSR count). The predicted molar refractivity (Wildman–Crippen MR) is 72.5 cm³/mol. The molecule has 0 unspecified atom stereocenters. The Labute approximate surface area is 112 Å². The van der Waals surface area contributed by atoms with Crippen LogP contribution in [0.3, 0.4) is 0 Å². The highest BCUT2D eigenvalue weighted by atomic mass is 16.5. The number of carbonyl (C=O) groups is 1. The van der Waals surface area contributed by atoms with Gasteiger partial charge in [0.05, 0.1) is 7.11 Å². The largest absolute Gasteiger partial charge is 0.481 e. The maximum atomic E-state index is 12.1. The van der Waals surface area contributed by atoms with Gasteiger partial charge >= 0.3 is 0 Å². The van der Waals surface area contributed by atoms with Crippen molar-refractivity contribution in [2.24, 2.45) is 0 Å². The molecule has 19 heavy (non-hydrogen) atoms. The van der Waals surface area contributed by atoms with E-state index in [0.717, 1.165) is 5.56 Å². The zero-order valence-electron chi connectivity index (χ0n) is 11.3. The first-order valence-corrected chi connectivity index (χ1v) is 6.05. The third-order valence-corrected chi connectivity index (χ3v) is 3.07. The summed E-state index contributed by atoms with van der Waals surface area (Å²) in [6.45, 7) is 4.09. The minimum atomic E-state index is -0.0380. The smallest absolute Gasteiger partial charge is 0.216 e. The lowest BCUT2D eigenvalue weighted by atomic mass is 10.0. The molecule has 0 aliphatic rings. The van der Waals surface area contributed by atoms with E-state index in [9.17, 15) is 4.79 Å². The molecule has 0 amide bonds. The van der Waals surface area contributed by atoms with Crippen molar-refractivity contribution in [3.05, 3.63) is 53.0 Å². The molecule has 0 spiro atoms. The van der Waals surface area contributed by atoms with Gasteiger partial charge < -0.3 is 4.74 Å². The Kier molecular flexibility index (Phi) is 3.90. The summed E-state index contributed by atoms with van der Waals surface area (Å²) in [5.41, 5.74) is 3.78. The summed E-state index contributed by atoms with van der Waals surface area (Å²) < 4.78 is 4.99. The lowest BCUT2D eigenvalue weighted by Gasteiger charge is -2.05. The standard InChI is InChI=1S/C15H16N2O2/c1-10-4-5-12(6-11(10)2)7-14(18)13-8-15(19-3)17-9-16-13/h4-6,8-9H,7H2,1-3H3. The Bertz CT molecular complexity index is 609. The van der Waals surface area contributed by atoms with Crippen molar-refractivity contribution in [3.63, 3.8) is 0 Å². The maximum Gasteiger partial charge on any atom is 0.216 e. The van der Waals surface area contributed by atoms with Gasteiger partial charge in [-0.15, -0.1) is 0 Å². The second-order valence-corrected chi connectivity index (χ2v) is 4.46. The number of hydrogen-bond donors (Lipinski definition) is 0. The van der Waals surface area contributed by atoms with E-state index in [1.165, 1.54) is 24.6 Å². The normalized spacial score (nSPS) is 10.3. The molecule has 0 N–H and O–H groups in total. The topological polar surface area (TPSA) is 52.1 Å². The van der Waals surface area contributed by atoms with Crippen molar-refractivity contribution in [2.75, 3.05) is 7.11 Å². The molecule has 0 atom stereocenters. The van der Waals surface area contributed by atoms with Gasteiger partial charge in [-0.3, -0.25) is 4.79 Å². The van der Waals surface area contributed by atoms with Crippen LogP contribution in [0.2, 0.25) is 0 Å². The Morgan fingerprint density at radius 3 is 2.63 bits per heavy atom. The fraction of sp³-hybridized carbons (Fsp3) is 0.267. The molecule has 98 valence electrons. The van der Waals surface area contributed by atoms with Crippen LogP contribution < -0.4 is 4.74 Å². The molecule has 0 radical (unpaired) electrons. The van der Waals surface area contributed by atoms with E-state index in [-0.39, 0.29) is 5.78 Å². The molecule has 2 aromatic rings. The molecule has 1 heterocycles. The first-order chi connectivity index (χ1) is 9.10. The quantitative estimate of drug-likeness (QED) is 0.789. The minimum Gasteiger partial charge on any atom is -0.481 e. The monoisotopic (exact) mass is 256 g/mol. The van der Waals surface area contributed by atoms with Crippen LogP contribution in [0.15, 0.2) is 30.6 Å². The molecular weight excluding hydrogens is 240 g/mol. The third kappa shape index (κ3) is 3.16. The van der Waals surface area contributed by atoms with E-state index < -0.39 is 0 Å². The summed E-state index contributed by atoms with van der Waals surface area (Å²) in [5.74, 6) is 0.363. The first-order valence-electron chi connectivity index (χ1n) is 6.05. The lowest BCUT2D eigenvalue weighted by Crippen LogP contribution is -2.07. The molecule has 0 aliphatic heterocycles. The number of aryl methyl sites for hydroxylation is 2. The van der Waals surface area contributed by atoms with Crippen LogP contribution in [0.5, 0.6) is 5.88 Å². The van der Waals surface area contributed by atoms with Gasteiger partial charge in [-0.2, -0.15) is 0 Å². The highest BCUT2D eigenvalue weighted by molar-refractivity contribution is 5.95. The van der Waals surface area contributed by atoms with Crippen LogP contribution in [-0.2, 0) is 6.42 Å². The SMILES string of the molecule is COc1cc(C(=O)Cc2ccc(C)c(C)c2)ncn1. The molecule has 1 aromatic carbocycles. The number of nitrogens with zero attached hydrogens (tertiary/aromatic N) is 2. The summed E-state index contributed by atoms with van der Waals surface area (Å²) in [5, 5.41) is 0. The number of benzene rings is 1. The summed E-state index contributed by atoms with van der Waals surface area (Å²) >= 11 is 0. The Morgan fingerprint density at radius 1 is 1.16 bits per heavy atom. The molecule has 4 heteroatoms. The summed E-state index contributed by atoms with van der Waals surface area (Å²) in [4.78, 5) is 20.0. The van der Waals surface area contributed by atoms with Crippen LogP contribution in [0.4, 0.5) is 0 Å². The van der Waals surface area contributed by atoms with Crippen molar-refractivity contribution in [3.8, 4) is 5.88 Å². The van der Waals surface area contributed by atoms with E-state index in [4.69, 9.17) is 4.74 Å². The third-order valence-electron chi connectivity index (χ3n) is 3.07. The lowest BCUT2D eigenvalue weighted by molar-refractivity contribution is 0.0987. The molecule has 0 bridgehead atoms. The van der Waals surface area contributed by atoms with Gasteiger partial charge in [0.15, 0.2) is 5.78 Å². The number of hydrogen-bond acceptors (Lipinski definition) is 4. The molecule has 0 saturated heterocycles. The van der Waals surface area contributed by atoms with Crippen molar-refractivity contribution in [2.45, 2.75) is 20.3 Å². The van der Waals surface area contributed by atoms with Crippen LogP contribution in [0.25, 0.3) is 0 Å². The second kappa shape index (κ2) is 5.61. The number of Topliss-reactive ketones (excluding diaryl/α,β-unsaturated/α-hetero) is 1. The highest BCUT2D eigenvalue weighted by Gasteiger charge is 2.10. The average molecular weight is 256 g/mol. The average Bonchev–Trinajstić information content (AvgIpc) is 2.43. The van der Waals surface area contributed by atoms with Gasteiger partial charge in [0.1, 0.15) is 12.0 Å². The molecular formula is C15H16N2O2. The fourth-order valence-electron chi connectivity index (χ4n) is 1.79. The number of aromatic nitrogens is 2. The number of carbonyl (C=O) groups excluding carboxylic acids is 1. The van der Waals surface area contributed by atoms with E-state index in [1.54, 1.807) is 6.07 Å². The number of methoxy groups -OCH3 is 1. The zero-order valence-corrected chi connectivity index (χ0v) is 11.3. The van der Waals surface area contributed by atoms with Crippen molar-refractivity contribution < 1.29 is 9.53 Å². The molecule has 0 aliphatic carbocycles. The molecule has 0 saturated carbocycles. The van der Waals surface area contributed by atoms with Gasteiger partial charge in [-0.25, -0.2) is 9.97 Å². The van der Waals surface area contributed by atoms with E-state index in [0.29, 0.717) is 18.0 Å². The van der Waals surface area contributed by atoms with Gasteiger partial charge in [0.2, 0.25) is 5.88 Å². The predicted octanol–water partition coefficient (Wildman–Crippen LogP) is 2.53. The van der Waals surface area contributed by atoms with Crippen LogP contribution in [0, 0.1) is 13.8 Å². The Morgan fingerprint density at radius 2 is 1.95 bits per heavy atom. The van der Waals surface area contributed by atoms with Crippen LogP contribution >= 0.6 is 0 Å². The summed E-state index contributed by atoms with van der Waals surface area (Å²) in [6, 6.07) is 7.59. The zero-order chi connectivity index (χ0) is 13.8. The van der Waals surface area contributed by atoms with Crippen molar-refractivity contribution in [1.29, 1.82) is 0 Å². The van der Waals surface area contributed by atoms with Gasteiger partial charge in [-0.05, 0) is 30.5 Å². The van der Waals surface area contributed by atoms with Gasteiger partial charge in [0.25, 0.3) is 0 Å². The van der Waals surface area contributed by atoms with Crippen LogP contribution in [0.1, 0.15) is 27.2 Å². The van der Waals surface area contributed by atoms with Gasteiger partial charge in [0, 0.05) is 12.5 Å². The summed E-state index contributed by atoms with van der Waals surface area (Å²) in [7, 11) is 1.51. The molecule has 4 nitrogen and oxygen atoms in total. The van der Waals surface area contributed by atoms with Crippen molar-refractivity contribution >= 4 is 5.78 Å². The minimum absolute atomic E-state index is 0.0380. The Hall–Kier alpha value is -2.23. The van der Waals surface area contributed by atoms with Gasteiger partial charge in [-0.1, -0.05) is 18.2 Å². The van der Waals surface area contributed by atoms with Crippen LogP contribution in [-0.4, -0.2) is 22.9 Å². The highest BCUT2D eigenvalue weighted by Crippen LogP contribution is 2.13. The Balaban J connectivity index is 2.18. The van der Waals surface area contributed by atoms with E-state index in [2.05, 4.69) is 16.9 Å². The number of ether oxygens (including phenoxy) is 1. The fourth-order valence-corrected chi connectivity index (χ4v) is 1.79. The molecule has 1 aromatic heterocycles. The first kappa shape index (κ1) is 13.2. The number of rotatable bonds is 4. The van der Waals surface area contributed by atoms with E-state index >= 15 is 0 Å². The van der Waals surface area contributed by atoms with Crippen molar-refractivity contribution in [1.82, 2.24) is 9.97 Å².